The van der Waals surface area contributed by atoms with Gasteiger partial charge in [-0.1, -0.05) is 35.4 Å². The molecule has 1 N–H and O–H groups in total. The Labute approximate surface area is 107 Å². The van der Waals surface area contributed by atoms with E-state index in [0.29, 0.717) is 11.9 Å². The van der Waals surface area contributed by atoms with Crippen LogP contribution in [0.4, 0.5) is 6.01 Å². The van der Waals surface area contributed by atoms with E-state index in [1.54, 1.807) is 0 Å². The van der Waals surface area contributed by atoms with Gasteiger partial charge in [-0.2, -0.15) is 0 Å². The summed E-state index contributed by atoms with van der Waals surface area (Å²) >= 11 is 0. The lowest BCUT2D eigenvalue weighted by molar-refractivity contribution is 0.432. The molecule has 0 aliphatic heterocycles. The SMILES string of the molecule is CNC(C)c1nnc(N(C)Cc2ccccc2)o1. The fraction of sp³-hybridized carbons (Fsp3) is 0.385. The molecule has 2 rings (SSSR count). The van der Waals surface area contributed by atoms with E-state index in [-0.39, 0.29) is 6.04 Å². The fourth-order valence-corrected chi connectivity index (χ4v) is 1.60. The second-order valence-corrected chi connectivity index (χ2v) is 4.27. The van der Waals surface area contributed by atoms with Gasteiger partial charge in [0.2, 0.25) is 5.89 Å². The minimum atomic E-state index is 0.0661. The Morgan fingerprint density at radius 3 is 2.67 bits per heavy atom. The lowest BCUT2D eigenvalue weighted by Gasteiger charge is -2.13. The molecule has 1 heterocycles. The van der Waals surface area contributed by atoms with Gasteiger partial charge in [0.1, 0.15) is 0 Å². The summed E-state index contributed by atoms with van der Waals surface area (Å²) in [5.41, 5.74) is 1.21. The number of nitrogens with zero attached hydrogens (tertiary/aromatic N) is 3. The van der Waals surface area contributed by atoms with Crippen molar-refractivity contribution in [1.82, 2.24) is 15.5 Å². The van der Waals surface area contributed by atoms with Gasteiger partial charge in [-0.15, -0.1) is 5.10 Å². The quantitative estimate of drug-likeness (QED) is 0.874. The van der Waals surface area contributed by atoms with Gasteiger partial charge in [0, 0.05) is 13.6 Å². The zero-order valence-electron chi connectivity index (χ0n) is 10.9. The van der Waals surface area contributed by atoms with E-state index in [4.69, 9.17) is 4.42 Å². The van der Waals surface area contributed by atoms with Gasteiger partial charge in [-0.05, 0) is 19.5 Å². The highest BCUT2D eigenvalue weighted by atomic mass is 16.4. The minimum absolute atomic E-state index is 0.0661. The molecule has 0 bridgehead atoms. The van der Waals surface area contributed by atoms with Crippen molar-refractivity contribution in [1.29, 1.82) is 0 Å². The molecule has 96 valence electrons. The van der Waals surface area contributed by atoms with E-state index in [0.717, 1.165) is 6.54 Å². The Morgan fingerprint density at radius 1 is 1.28 bits per heavy atom. The molecule has 0 saturated heterocycles. The van der Waals surface area contributed by atoms with Crippen molar-refractivity contribution in [2.24, 2.45) is 0 Å². The first-order chi connectivity index (χ1) is 8.70. The first-order valence-corrected chi connectivity index (χ1v) is 5.96. The Morgan fingerprint density at radius 2 is 2.00 bits per heavy atom. The van der Waals surface area contributed by atoms with Gasteiger partial charge < -0.3 is 14.6 Å². The Bertz CT molecular complexity index is 483. The highest BCUT2D eigenvalue weighted by Crippen LogP contribution is 2.17. The first-order valence-electron chi connectivity index (χ1n) is 5.96. The zero-order valence-corrected chi connectivity index (χ0v) is 10.9. The molecule has 1 aromatic heterocycles. The molecule has 0 fully saturated rings. The van der Waals surface area contributed by atoms with Crippen LogP contribution in [-0.2, 0) is 6.54 Å². The summed E-state index contributed by atoms with van der Waals surface area (Å²) in [4.78, 5) is 1.94. The fourth-order valence-electron chi connectivity index (χ4n) is 1.60. The van der Waals surface area contributed by atoms with Crippen molar-refractivity contribution in [3.63, 3.8) is 0 Å². The van der Waals surface area contributed by atoms with E-state index in [2.05, 4.69) is 27.6 Å². The summed E-state index contributed by atoms with van der Waals surface area (Å²) in [5.74, 6) is 0.604. The predicted molar refractivity (Wildman–Crippen MR) is 70.3 cm³/mol. The van der Waals surface area contributed by atoms with Crippen LogP contribution in [0.1, 0.15) is 24.4 Å². The maximum atomic E-state index is 5.61. The summed E-state index contributed by atoms with van der Waals surface area (Å²) in [6.45, 7) is 2.73. The molecule has 0 amide bonds. The van der Waals surface area contributed by atoms with E-state index in [1.165, 1.54) is 5.56 Å². The molecule has 0 radical (unpaired) electrons. The molecule has 18 heavy (non-hydrogen) atoms. The van der Waals surface area contributed by atoms with Crippen LogP contribution in [0.15, 0.2) is 34.7 Å². The Balaban J connectivity index is 2.05. The van der Waals surface area contributed by atoms with Gasteiger partial charge in [0.05, 0.1) is 6.04 Å². The van der Waals surface area contributed by atoms with Crippen LogP contribution in [0.25, 0.3) is 0 Å². The molecule has 0 saturated carbocycles. The number of rotatable bonds is 5. The van der Waals surface area contributed by atoms with E-state index >= 15 is 0 Å². The topological polar surface area (TPSA) is 54.2 Å². The number of hydrogen-bond donors (Lipinski definition) is 1. The van der Waals surface area contributed by atoms with Crippen LogP contribution in [0.3, 0.4) is 0 Å². The number of anilines is 1. The molecular formula is C13H18N4O. The summed E-state index contributed by atoms with van der Waals surface area (Å²) in [6, 6.07) is 10.8. The molecule has 1 aromatic carbocycles. The Hall–Kier alpha value is -1.88. The number of nitrogens with one attached hydrogen (secondary N) is 1. The normalized spacial score (nSPS) is 12.4. The summed E-state index contributed by atoms with van der Waals surface area (Å²) in [5, 5.41) is 11.1. The third-order valence-electron chi connectivity index (χ3n) is 2.82. The van der Waals surface area contributed by atoms with Gasteiger partial charge in [0.25, 0.3) is 0 Å². The van der Waals surface area contributed by atoms with Crippen LogP contribution >= 0.6 is 0 Å². The molecule has 0 aliphatic carbocycles. The van der Waals surface area contributed by atoms with Gasteiger partial charge in [-0.3, -0.25) is 0 Å². The van der Waals surface area contributed by atoms with Crippen LogP contribution < -0.4 is 10.2 Å². The summed E-state index contributed by atoms with van der Waals surface area (Å²) in [6.07, 6.45) is 0. The highest BCUT2D eigenvalue weighted by Gasteiger charge is 2.14. The molecule has 5 nitrogen and oxygen atoms in total. The monoisotopic (exact) mass is 246 g/mol. The first kappa shape index (κ1) is 12.6. The highest BCUT2D eigenvalue weighted by molar-refractivity contribution is 5.27. The van der Waals surface area contributed by atoms with Crippen LogP contribution in [0, 0.1) is 0 Å². The summed E-state index contributed by atoms with van der Waals surface area (Å²) in [7, 11) is 3.80. The van der Waals surface area contributed by atoms with Gasteiger partial charge in [0.15, 0.2) is 0 Å². The predicted octanol–water partition coefficient (Wildman–Crippen LogP) is 1.99. The maximum Gasteiger partial charge on any atom is 0.318 e. The smallest absolute Gasteiger partial charge is 0.318 e. The van der Waals surface area contributed by atoms with Crippen LogP contribution in [0.5, 0.6) is 0 Å². The van der Waals surface area contributed by atoms with Crippen LogP contribution in [-0.4, -0.2) is 24.3 Å². The molecule has 1 unspecified atom stereocenters. The lowest BCUT2D eigenvalue weighted by Crippen LogP contribution is -2.16. The second-order valence-electron chi connectivity index (χ2n) is 4.27. The van der Waals surface area contributed by atoms with E-state index in [1.807, 2.05) is 44.1 Å². The standard InChI is InChI=1S/C13H18N4O/c1-10(14-2)12-15-16-13(18-12)17(3)9-11-7-5-4-6-8-11/h4-8,10,14H,9H2,1-3H3. The number of benzene rings is 1. The molecule has 2 aromatic rings. The largest absolute Gasteiger partial charge is 0.406 e. The molecule has 5 heteroatoms. The van der Waals surface area contributed by atoms with Crippen molar-refractivity contribution in [3.8, 4) is 0 Å². The lowest BCUT2D eigenvalue weighted by atomic mass is 10.2. The number of hydrogen-bond acceptors (Lipinski definition) is 5. The van der Waals surface area contributed by atoms with Crippen molar-refractivity contribution < 1.29 is 4.42 Å². The van der Waals surface area contributed by atoms with Crippen molar-refractivity contribution in [2.45, 2.75) is 19.5 Å². The zero-order chi connectivity index (χ0) is 13.0. The van der Waals surface area contributed by atoms with Crippen molar-refractivity contribution >= 4 is 6.01 Å². The minimum Gasteiger partial charge on any atom is -0.406 e. The molecule has 1 atom stereocenters. The third kappa shape index (κ3) is 2.87. The van der Waals surface area contributed by atoms with Crippen molar-refractivity contribution in [2.75, 3.05) is 19.0 Å². The van der Waals surface area contributed by atoms with E-state index < -0.39 is 0 Å². The van der Waals surface area contributed by atoms with E-state index in [9.17, 15) is 0 Å². The number of aromatic nitrogens is 2. The van der Waals surface area contributed by atoms with Crippen molar-refractivity contribution in [3.05, 3.63) is 41.8 Å². The van der Waals surface area contributed by atoms with Gasteiger partial charge in [-0.25, -0.2) is 0 Å². The Kier molecular flexibility index (Phi) is 3.94. The average molecular weight is 246 g/mol. The second kappa shape index (κ2) is 5.64. The van der Waals surface area contributed by atoms with Gasteiger partial charge >= 0.3 is 6.01 Å². The molecular weight excluding hydrogens is 228 g/mol. The average Bonchev–Trinajstić information content (AvgIpc) is 2.88. The summed E-state index contributed by atoms with van der Waals surface area (Å²) < 4.78 is 5.61. The molecule has 0 spiro atoms. The molecule has 0 aliphatic rings. The van der Waals surface area contributed by atoms with Crippen LogP contribution in [0.2, 0.25) is 0 Å². The third-order valence-corrected chi connectivity index (χ3v) is 2.82. The maximum absolute atomic E-state index is 5.61.